The van der Waals surface area contributed by atoms with Gasteiger partial charge in [0, 0.05) is 18.2 Å². The molecule has 4 heteroatoms. The molecular weight excluding hydrogens is 230 g/mol. The molecule has 1 fully saturated rings. The molecule has 1 amide bonds. The van der Waals surface area contributed by atoms with Crippen LogP contribution in [0, 0.1) is 5.92 Å². The molecule has 1 aliphatic carbocycles. The highest BCUT2D eigenvalue weighted by molar-refractivity contribution is 5.79. The van der Waals surface area contributed by atoms with Gasteiger partial charge in [-0.05, 0) is 24.8 Å². The lowest BCUT2D eigenvalue weighted by Gasteiger charge is -2.10. The molecule has 0 saturated heterocycles. The zero-order valence-corrected chi connectivity index (χ0v) is 10.9. The zero-order valence-electron chi connectivity index (χ0n) is 10.9. The van der Waals surface area contributed by atoms with E-state index in [9.17, 15) is 4.79 Å². The Kier molecular flexibility index (Phi) is 4.07. The molecule has 0 spiro atoms. The first kappa shape index (κ1) is 12.7. The molecule has 2 rings (SSSR count). The lowest BCUT2D eigenvalue weighted by molar-refractivity contribution is -0.120. The molecule has 0 atom stereocenters. The molecule has 1 aromatic carbocycles. The van der Waals surface area contributed by atoms with Crippen molar-refractivity contribution in [1.82, 2.24) is 5.32 Å². The summed E-state index contributed by atoms with van der Waals surface area (Å²) in [5.74, 6) is 2.17. The Morgan fingerprint density at radius 3 is 2.72 bits per heavy atom. The lowest BCUT2D eigenvalue weighted by atomic mass is 10.1. The second-order valence-corrected chi connectivity index (χ2v) is 4.60. The second kappa shape index (κ2) is 5.76. The number of hydrogen-bond donors (Lipinski definition) is 1. The monoisotopic (exact) mass is 249 g/mol. The molecule has 4 nitrogen and oxygen atoms in total. The van der Waals surface area contributed by atoms with E-state index in [2.05, 4.69) is 5.32 Å². The fraction of sp³-hybridized carbons (Fsp3) is 0.500. The Labute approximate surface area is 107 Å². The van der Waals surface area contributed by atoms with Crippen molar-refractivity contribution < 1.29 is 14.3 Å². The number of nitrogens with one attached hydrogen (secondary N) is 1. The summed E-state index contributed by atoms with van der Waals surface area (Å²) in [6.45, 7) is 0.803. The van der Waals surface area contributed by atoms with Crippen LogP contribution in [0.25, 0.3) is 0 Å². The molecule has 1 N–H and O–H groups in total. The van der Waals surface area contributed by atoms with E-state index >= 15 is 0 Å². The van der Waals surface area contributed by atoms with E-state index in [0.29, 0.717) is 18.1 Å². The second-order valence-electron chi connectivity index (χ2n) is 4.60. The summed E-state index contributed by atoms with van der Waals surface area (Å²) in [5, 5.41) is 2.95. The van der Waals surface area contributed by atoms with Crippen molar-refractivity contribution in [2.24, 2.45) is 5.92 Å². The van der Waals surface area contributed by atoms with Crippen LogP contribution in [-0.2, 0) is 11.2 Å². The van der Waals surface area contributed by atoms with Crippen LogP contribution < -0.4 is 14.8 Å². The summed E-state index contributed by atoms with van der Waals surface area (Å²) < 4.78 is 10.4. The van der Waals surface area contributed by atoms with Crippen LogP contribution in [-0.4, -0.2) is 26.7 Å². The number of carbonyl (C=O) groups excluding carboxylic acids is 1. The van der Waals surface area contributed by atoms with Crippen LogP contribution in [0.5, 0.6) is 11.5 Å². The van der Waals surface area contributed by atoms with Gasteiger partial charge < -0.3 is 14.8 Å². The van der Waals surface area contributed by atoms with Crippen LogP contribution in [0.1, 0.15) is 18.4 Å². The summed E-state index contributed by atoms with van der Waals surface area (Å²) in [7, 11) is 3.21. The Morgan fingerprint density at radius 1 is 1.33 bits per heavy atom. The number of benzene rings is 1. The highest BCUT2D eigenvalue weighted by atomic mass is 16.5. The van der Waals surface area contributed by atoms with Crippen LogP contribution >= 0.6 is 0 Å². The Bertz CT molecular complexity index is 427. The zero-order chi connectivity index (χ0) is 13.0. The molecular formula is C14H19NO3. The van der Waals surface area contributed by atoms with Crippen molar-refractivity contribution in [3.05, 3.63) is 23.8 Å². The summed E-state index contributed by atoms with van der Waals surface area (Å²) in [5.41, 5.74) is 0.881. The van der Waals surface area contributed by atoms with Crippen LogP contribution in [0.3, 0.4) is 0 Å². The largest absolute Gasteiger partial charge is 0.497 e. The van der Waals surface area contributed by atoms with Gasteiger partial charge in [0.15, 0.2) is 0 Å². The normalized spacial score (nSPS) is 14.1. The van der Waals surface area contributed by atoms with E-state index in [4.69, 9.17) is 9.47 Å². The molecule has 1 saturated carbocycles. The molecule has 18 heavy (non-hydrogen) atoms. The number of hydrogen-bond acceptors (Lipinski definition) is 3. The first-order chi connectivity index (χ1) is 8.72. The van der Waals surface area contributed by atoms with E-state index < -0.39 is 0 Å². The molecule has 98 valence electrons. The summed E-state index contributed by atoms with van der Waals surface area (Å²) >= 11 is 0. The smallest absolute Gasteiger partial charge is 0.224 e. The molecule has 0 heterocycles. The predicted molar refractivity (Wildman–Crippen MR) is 69.0 cm³/mol. The van der Waals surface area contributed by atoms with Crippen molar-refractivity contribution in [2.45, 2.75) is 19.3 Å². The maximum Gasteiger partial charge on any atom is 0.224 e. The highest BCUT2D eigenvalue weighted by Gasteiger charge is 2.21. The minimum absolute atomic E-state index is 0.0466. The third-order valence-corrected chi connectivity index (χ3v) is 3.13. The first-order valence-corrected chi connectivity index (χ1v) is 6.20. The van der Waals surface area contributed by atoms with E-state index in [1.165, 1.54) is 12.8 Å². The standard InChI is InChI=1S/C14H19NO3/c1-17-12-6-5-11(13(8-12)18-2)7-14(16)15-9-10-3-4-10/h5-6,8,10H,3-4,7,9H2,1-2H3,(H,15,16). The Morgan fingerprint density at radius 2 is 2.11 bits per heavy atom. The fourth-order valence-electron chi connectivity index (χ4n) is 1.81. The van der Waals surface area contributed by atoms with Gasteiger partial charge in [0.25, 0.3) is 0 Å². The first-order valence-electron chi connectivity index (χ1n) is 6.20. The molecule has 0 unspecified atom stereocenters. The molecule has 0 aliphatic heterocycles. The van der Waals surface area contributed by atoms with Gasteiger partial charge >= 0.3 is 0 Å². The average Bonchev–Trinajstić information content (AvgIpc) is 3.21. The molecule has 0 bridgehead atoms. The van der Waals surface area contributed by atoms with Gasteiger partial charge in [-0.1, -0.05) is 6.07 Å². The van der Waals surface area contributed by atoms with Crippen molar-refractivity contribution in [1.29, 1.82) is 0 Å². The van der Waals surface area contributed by atoms with E-state index in [1.807, 2.05) is 12.1 Å². The summed E-state index contributed by atoms with van der Waals surface area (Å²) in [6.07, 6.45) is 2.83. The lowest BCUT2D eigenvalue weighted by Crippen LogP contribution is -2.27. The molecule has 0 aromatic heterocycles. The molecule has 1 aromatic rings. The number of carbonyl (C=O) groups is 1. The minimum atomic E-state index is 0.0466. The Balaban J connectivity index is 1.95. The number of ether oxygens (including phenoxy) is 2. The van der Waals surface area contributed by atoms with E-state index in [1.54, 1.807) is 20.3 Å². The van der Waals surface area contributed by atoms with Crippen LogP contribution in [0.2, 0.25) is 0 Å². The van der Waals surface area contributed by atoms with Crippen molar-refractivity contribution >= 4 is 5.91 Å². The van der Waals surface area contributed by atoms with Crippen LogP contribution in [0.15, 0.2) is 18.2 Å². The van der Waals surface area contributed by atoms with Gasteiger partial charge in [-0.15, -0.1) is 0 Å². The van der Waals surface area contributed by atoms with Gasteiger partial charge in [-0.25, -0.2) is 0 Å². The third kappa shape index (κ3) is 3.39. The van der Waals surface area contributed by atoms with E-state index in [-0.39, 0.29) is 5.91 Å². The maximum atomic E-state index is 11.8. The van der Waals surface area contributed by atoms with Gasteiger partial charge in [0.2, 0.25) is 5.91 Å². The van der Waals surface area contributed by atoms with Gasteiger partial charge in [0.05, 0.1) is 20.6 Å². The molecule has 1 aliphatic rings. The molecule has 0 radical (unpaired) electrons. The fourth-order valence-corrected chi connectivity index (χ4v) is 1.81. The van der Waals surface area contributed by atoms with Crippen LogP contribution in [0.4, 0.5) is 0 Å². The van der Waals surface area contributed by atoms with E-state index in [0.717, 1.165) is 17.9 Å². The number of rotatable bonds is 6. The summed E-state index contributed by atoms with van der Waals surface area (Å²) in [4.78, 5) is 11.8. The topological polar surface area (TPSA) is 47.6 Å². The maximum absolute atomic E-state index is 11.8. The number of amides is 1. The highest BCUT2D eigenvalue weighted by Crippen LogP contribution is 2.28. The van der Waals surface area contributed by atoms with Crippen molar-refractivity contribution in [2.75, 3.05) is 20.8 Å². The minimum Gasteiger partial charge on any atom is -0.497 e. The Hall–Kier alpha value is -1.71. The predicted octanol–water partition coefficient (Wildman–Crippen LogP) is 1.77. The van der Waals surface area contributed by atoms with Crippen molar-refractivity contribution in [3.63, 3.8) is 0 Å². The van der Waals surface area contributed by atoms with Gasteiger partial charge in [-0.2, -0.15) is 0 Å². The summed E-state index contributed by atoms with van der Waals surface area (Å²) in [6, 6.07) is 5.50. The van der Waals surface area contributed by atoms with Gasteiger partial charge in [0.1, 0.15) is 11.5 Å². The quantitative estimate of drug-likeness (QED) is 0.836. The van der Waals surface area contributed by atoms with Gasteiger partial charge in [-0.3, -0.25) is 4.79 Å². The third-order valence-electron chi connectivity index (χ3n) is 3.13. The van der Waals surface area contributed by atoms with Crippen molar-refractivity contribution in [3.8, 4) is 11.5 Å². The number of methoxy groups -OCH3 is 2. The average molecular weight is 249 g/mol. The SMILES string of the molecule is COc1ccc(CC(=O)NCC2CC2)c(OC)c1.